The third-order valence-electron chi connectivity index (χ3n) is 26.0. The average Bonchev–Trinajstić information content (AvgIpc) is 0.804. The molecule has 0 rings (SSSR count). The van der Waals surface area contributed by atoms with Crippen LogP contribution in [0.3, 0.4) is 0 Å². The molecule has 0 aromatic heterocycles. The molecular formula is C108H232O8P4Ti. The molecule has 736 valence electrons. The van der Waals surface area contributed by atoms with E-state index in [-0.39, 0.29) is 46.1 Å². The molecule has 0 spiro atoms. The maximum atomic E-state index is 14.7. The summed E-state index contributed by atoms with van der Waals surface area (Å²) in [4.78, 5) is 58.7. The number of unbranched alkanes of at least 4 members (excludes halogenated alkanes) is 60. The van der Waals surface area contributed by atoms with E-state index in [0.29, 0.717) is 0 Å². The molecule has 0 amide bonds. The van der Waals surface area contributed by atoms with Gasteiger partial charge in [0.15, 0.2) is 0 Å². The summed E-state index contributed by atoms with van der Waals surface area (Å²) in [6.07, 6.45) is 101. The Balaban J connectivity index is -0.000000493. The molecule has 0 radical (unpaired) electrons. The number of rotatable bonds is 92. The first-order chi connectivity index (χ1) is 57.6. The van der Waals surface area contributed by atoms with Crippen LogP contribution < -0.4 is 19.6 Å². The van der Waals surface area contributed by atoms with Crippen molar-refractivity contribution in [2.45, 2.75) is 625 Å². The van der Waals surface area contributed by atoms with Crippen molar-refractivity contribution in [3.05, 3.63) is 0 Å². The monoisotopic (exact) mass is 1830 g/mol. The predicted molar refractivity (Wildman–Crippen MR) is 551 cm³/mol. The molecule has 121 heavy (non-hydrogen) atoms. The van der Waals surface area contributed by atoms with Crippen molar-refractivity contribution >= 4 is 28.2 Å². The largest absolute Gasteiger partial charge is 4.00 e. The molecule has 13 heteroatoms. The van der Waals surface area contributed by atoms with Crippen LogP contribution in [-0.2, 0) is 39.8 Å². The van der Waals surface area contributed by atoms with E-state index >= 15 is 0 Å². The van der Waals surface area contributed by atoms with Crippen LogP contribution in [0.4, 0.5) is 0 Å². The van der Waals surface area contributed by atoms with Crippen LogP contribution in [0.15, 0.2) is 0 Å². The molecule has 0 bridgehead atoms. The summed E-state index contributed by atoms with van der Waals surface area (Å²) in [7, 11) is -13.2. The molecule has 0 unspecified atom stereocenters. The van der Waals surface area contributed by atoms with E-state index in [0.717, 1.165) is 151 Å². The van der Waals surface area contributed by atoms with Crippen molar-refractivity contribution in [2.24, 2.45) is 0 Å². The Kier molecular flexibility index (Phi) is 96.5. The second-order valence-electron chi connectivity index (χ2n) is 40.6. The fourth-order valence-electron chi connectivity index (χ4n) is 19.0. The van der Waals surface area contributed by atoms with Gasteiger partial charge in [0.05, 0.1) is 0 Å². The predicted octanol–water partition coefficient (Wildman–Crippen LogP) is 36.9. The molecule has 0 saturated carbocycles. The summed E-state index contributed by atoms with van der Waals surface area (Å²) < 4.78 is 25.9. The molecule has 0 fully saturated rings. The minimum absolute atomic E-state index is 0. The van der Waals surface area contributed by atoms with Gasteiger partial charge in [-0.3, -0.25) is 0 Å². The Morgan fingerprint density at radius 1 is 0.132 bits per heavy atom. The second kappa shape index (κ2) is 88.7. The first kappa shape index (κ1) is 132. The third kappa shape index (κ3) is 82.5. The van der Waals surface area contributed by atoms with Crippen LogP contribution in [0.1, 0.15) is 601 Å². The smallest absolute Gasteiger partial charge is 4.00 e. The molecule has 0 atom stereocenters. The summed E-state index contributed by atoms with van der Waals surface area (Å²) in [5, 5.41) is 0. The first-order valence-corrected chi connectivity index (χ1v) is 65.8. The van der Waals surface area contributed by atoms with E-state index in [2.05, 4.69) is 138 Å². The Labute approximate surface area is 781 Å². The van der Waals surface area contributed by atoms with Crippen LogP contribution in [0.2, 0.25) is 0 Å². The van der Waals surface area contributed by atoms with E-state index in [4.69, 9.17) is 18.1 Å². The fourth-order valence-corrected chi connectivity index (χ4v) is 38.4. The summed E-state index contributed by atoms with van der Waals surface area (Å²) in [5.41, 5.74) is 0. The number of hydrogen-bond donors (Lipinski definition) is 0. The molecular weight excluding hydrogens is 1600 g/mol. The van der Waals surface area contributed by atoms with Gasteiger partial charge >= 0.3 is 787 Å². The van der Waals surface area contributed by atoms with E-state index in [1.54, 1.807) is 0 Å². The average molecular weight is 1830 g/mol. The van der Waals surface area contributed by atoms with E-state index in [1.807, 2.05) is 0 Å². The van der Waals surface area contributed by atoms with Crippen LogP contribution in [0.25, 0.3) is 0 Å². The Morgan fingerprint density at radius 3 is 0.264 bits per heavy atom. The van der Waals surface area contributed by atoms with E-state index < -0.39 is 28.2 Å². The van der Waals surface area contributed by atoms with Gasteiger partial charge < -0.3 is 0 Å². The van der Waals surface area contributed by atoms with Crippen molar-refractivity contribution < 1.29 is 59.4 Å². The topological polar surface area (TPSA) is 129 Å². The van der Waals surface area contributed by atoms with Gasteiger partial charge in [0.2, 0.25) is 0 Å². The van der Waals surface area contributed by atoms with Crippen molar-refractivity contribution in [1.82, 2.24) is 0 Å². The van der Waals surface area contributed by atoms with Gasteiger partial charge in [-0.05, 0) is 0 Å². The molecule has 0 aromatic rings. The van der Waals surface area contributed by atoms with Gasteiger partial charge in [-0.15, -0.1) is 0 Å². The Morgan fingerprint density at radius 2 is 0.198 bits per heavy atom. The number of hydrogen-bond acceptors (Lipinski definition) is 8. The molecule has 0 heterocycles. The Bertz CT molecular complexity index is 1590. The second-order valence-corrected chi connectivity index (χ2v) is 59.0. The molecule has 0 aliphatic rings. The zero-order valence-corrected chi connectivity index (χ0v) is 92.4. The van der Waals surface area contributed by atoms with Crippen LogP contribution in [0, 0.1) is 0 Å². The zero-order chi connectivity index (χ0) is 90.3. The van der Waals surface area contributed by atoms with Crippen LogP contribution in [-0.4, -0.2) is 98.4 Å². The van der Waals surface area contributed by atoms with Gasteiger partial charge in [-0.25, -0.2) is 0 Å². The van der Waals surface area contributed by atoms with Crippen LogP contribution in [0.5, 0.6) is 0 Å². The maximum Gasteiger partial charge on any atom is 4.00 e. The molecule has 0 saturated heterocycles. The van der Waals surface area contributed by atoms with Crippen molar-refractivity contribution in [3.63, 3.8) is 0 Å². The minimum Gasteiger partial charge on any atom is 4.00 e. The van der Waals surface area contributed by atoms with E-state index in [1.165, 1.54) is 385 Å². The molecule has 0 aromatic carbocycles. The summed E-state index contributed by atoms with van der Waals surface area (Å²) >= 11 is 0. The van der Waals surface area contributed by atoms with Gasteiger partial charge in [-0.1, -0.05) is 0 Å². The summed E-state index contributed by atoms with van der Waals surface area (Å²) in [6.45, 7) is 43.9. The first-order valence-electron chi connectivity index (χ1n) is 55.3. The van der Waals surface area contributed by atoms with Gasteiger partial charge in [0.1, 0.15) is 0 Å². The van der Waals surface area contributed by atoms with Crippen molar-refractivity contribution in [3.8, 4) is 0 Å². The van der Waals surface area contributed by atoms with E-state index in [9.17, 15) is 19.6 Å². The van der Waals surface area contributed by atoms with Gasteiger partial charge in [0, 0.05) is 0 Å². The quantitative estimate of drug-likeness (QED) is 0.0334. The molecule has 0 aliphatic heterocycles. The SMILES string of the molecule is CCCCCCCCP([O-])(CCCCCCCC)(CCCCCCCC)OC(C)C.CCCCCCCCP([O-])(CCCCCCCC)(CCCCCCCC)OC(C)C.CCCCCCCCP([O-])(CCCCCCCC)(CCCCCCCC)OC(C)C.CCCCCCCCP([O-])(CCCCCCCC)(CCCCCCCC)OC(C)C.[Ti+4]. The molecule has 0 aliphatic carbocycles. The third-order valence-corrected chi connectivity index (χ3v) is 45.6. The van der Waals surface area contributed by atoms with Crippen molar-refractivity contribution in [1.29, 1.82) is 0 Å². The summed E-state index contributed by atoms with van der Waals surface area (Å²) in [6, 6.07) is 0. The summed E-state index contributed by atoms with van der Waals surface area (Å²) in [5.74, 6) is 0. The van der Waals surface area contributed by atoms with Crippen LogP contribution >= 0.6 is 28.2 Å². The molecule has 0 N–H and O–H groups in total. The normalized spacial score (nSPS) is 13.5. The van der Waals surface area contributed by atoms with Gasteiger partial charge in [0.25, 0.3) is 0 Å². The molecule has 8 nitrogen and oxygen atoms in total. The zero-order valence-electron chi connectivity index (χ0n) is 87.3. The standard InChI is InChI=1S/4C27H58O2P.Ti/c4*1-6-9-12-15-18-21-24-30(28,29-27(4)5,25-22-19-16-13-10-7-2)26-23-20-17-14-11-8-3;/h4*27H,6-26H2,1-5H3;/q4*-1;+4. The minimum atomic E-state index is -3.31. The van der Waals surface area contributed by atoms with Gasteiger partial charge in [-0.2, -0.15) is 0 Å². The maximum absolute atomic E-state index is 14.7. The fraction of sp³-hybridized carbons (Fsp3) is 1.00. The van der Waals surface area contributed by atoms with Crippen molar-refractivity contribution in [2.75, 3.05) is 73.9 Å². The Hall–Kier alpha value is 2.11.